The van der Waals surface area contributed by atoms with Gasteiger partial charge in [-0.3, -0.25) is 9.59 Å². The zero-order valence-electron chi connectivity index (χ0n) is 13.6. The van der Waals surface area contributed by atoms with Gasteiger partial charge in [0.05, 0.1) is 4.88 Å². The number of hydrogen-bond donors (Lipinski definition) is 1. The zero-order chi connectivity index (χ0) is 16.9. The summed E-state index contributed by atoms with van der Waals surface area (Å²) in [5.41, 5.74) is 3.05. The lowest BCUT2D eigenvalue weighted by atomic mass is 9.99. The number of hydrogen-bond acceptors (Lipinski definition) is 4. The molecule has 0 saturated heterocycles. The highest BCUT2D eigenvalue weighted by Crippen LogP contribution is 2.24. The average molecular weight is 344 g/mol. The van der Waals surface area contributed by atoms with Crippen LogP contribution in [0.5, 0.6) is 0 Å². The van der Waals surface area contributed by atoms with E-state index in [-0.39, 0.29) is 18.4 Å². The summed E-state index contributed by atoms with van der Waals surface area (Å²) >= 11 is 1.46. The molecular weight excluding hydrogens is 324 g/mol. The predicted octanol–water partition coefficient (Wildman–Crippen LogP) is 2.92. The van der Waals surface area contributed by atoms with Crippen molar-refractivity contribution < 1.29 is 14.3 Å². The van der Waals surface area contributed by atoms with Gasteiger partial charge in [0.1, 0.15) is 6.61 Å². The third-order valence-electron chi connectivity index (χ3n) is 3.96. The summed E-state index contributed by atoms with van der Waals surface area (Å²) in [7, 11) is 0. The molecule has 1 aliphatic heterocycles. The van der Waals surface area contributed by atoms with Gasteiger partial charge < -0.3 is 15.0 Å². The largest absolute Gasteiger partial charge is 0.372 e. The van der Waals surface area contributed by atoms with Crippen molar-refractivity contribution in [2.45, 2.75) is 19.9 Å². The molecule has 126 valence electrons. The summed E-state index contributed by atoms with van der Waals surface area (Å²) < 4.78 is 5.11. The number of fused-ring (bicyclic) bond motifs is 1. The van der Waals surface area contributed by atoms with Crippen LogP contribution in [0.15, 0.2) is 35.7 Å². The minimum absolute atomic E-state index is 0.0522. The first-order valence-corrected chi connectivity index (χ1v) is 8.87. The molecule has 6 heteroatoms. The van der Waals surface area contributed by atoms with Gasteiger partial charge in [0.2, 0.25) is 5.91 Å². The first-order chi connectivity index (χ1) is 11.7. The first-order valence-electron chi connectivity index (χ1n) is 7.99. The van der Waals surface area contributed by atoms with Gasteiger partial charge in [-0.25, -0.2) is 0 Å². The molecular formula is C18H20N2O3S. The molecule has 0 bridgehead atoms. The van der Waals surface area contributed by atoms with Gasteiger partial charge in [0.15, 0.2) is 0 Å². The fraction of sp³-hybridized carbons (Fsp3) is 0.333. The molecule has 2 heterocycles. The van der Waals surface area contributed by atoms with Crippen LogP contribution in [-0.4, -0.2) is 36.5 Å². The molecule has 0 atom stereocenters. The molecule has 0 saturated carbocycles. The number of thiophene rings is 1. The van der Waals surface area contributed by atoms with E-state index in [1.807, 2.05) is 47.5 Å². The van der Waals surface area contributed by atoms with Crippen LogP contribution in [0, 0.1) is 0 Å². The molecule has 1 aromatic carbocycles. The van der Waals surface area contributed by atoms with Crippen LogP contribution in [0.4, 0.5) is 5.69 Å². The van der Waals surface area contributed by atoms with Gasteiger partial charge >= 0.3 is 0 Å². The molecule has 0 spiro atoms. The molecule has 0 aliphatic carbocycles. The highest BCUT2D eigenvalue weighted by Gasteiger charge is 2.22. The van der Waals surface area contributed by atoms with Crippen molar-refractivity contribution in [2.24, 2.45) is 0 Å². The van der Waals surface area contributed by atoms with E-state index in [1.165, 1.54) is 16.9 Å². The van der Waals surface area contributed by atoms with Gasteiger partial charge in [-0.1, -0.05) is 12.1 Å². The van der Waals surface area contributed by atoms with E-state index in [0.717, 1.165) is 29.1 Å². The molecule has 2 amide bonds. The van der Waals surface area contributed by atoms with Crippen molar-refractivity contribution in [1.82, 2.24) is 4.90 Å². The Morgan fingerprint density at radius 2 is 2.17 bits per heavy atom. The van der Waals surface area contributed by atoms with Crippen molar-refractivity contribution in [3.05, 3.63) is 51.7 Å². The number of amides is 2. The maximum absolute atomic E-state index is 12.5. The number of rotatable bonds is 5. The first kappa shape index (κ1) is 16.7. The number of carbonyl (C=O) groups excluding carboxylic acids is 2. The summed E-state index contributed by atoms with van der Waals surface area (Å²) in [6.45, 7) is 3.71. The number of carbonyl (C=O) groups is 2. The molecule has 2 aromatic rings. The number of anilines is 1. The summed E-state index contributed by atoms with van der Waals surface area (Å²) in [5, 5.41) is 4.75. The van der Waals surface area contributed by atoms with E-state index in [1.54, 1.807) is 0 Å². The Bertz CT molecular complexity index is 728. The van der Waals surface area contributed by atoms with E-state index in [2.05, 4.69) is 5.32 Å². The average Bonchev–Trinajstić information content (AvgIpc) is 3.13. The Labute approximate surface area is 145 Å². The summed E-state index contributed by atoms with van der Waals surface area (Å²) in [5.74, 6) is -0.0967. The lowest BCUT2D eigenvalue weighted by Crippen LogP contribution is -2.35. The van der Waals surface area contributed by atoms with Crippen molar-refractivity contribution in [2.75, 3.05) is 25.1 Å². The van der Waals surface area contributed by atoms with Crippen LogP contribution >= 0.6 is 11.3 Å². The van der Waals surface area contributed by atoms with Crippen LogP contribution in [-0.2, 0) is 22.5 Å². The second-order valence-corrected chi connectivity index (χ2v) is 6.57. The Morgan fingerprint density at radius 3 is 2.92 bits per heavy atom. The van der Waals surface area contributed by atoms with E-state index < -0.39 is 0 Å². The zero-order valence-corrected chi connectivity index (χ0v) is 14.4. The maximum Gasteiger partial charge on any atom is 0.264 e. The Balaban J connectivity index is 1.69. The number of ether oxygens (including phenoxy) is 1. The van der Waals surface area contributed by atoms with E-state index >= 15 is 0 Å². The number of nitrogens with one attached hydrogen (secondary N) is 1. The van der Waals surface area contributed by atoms with Crippen LogP contribution in [0.25, 0.3) is 0 Å². The van der Waals surface area contributed by atoms with Gasteiger partial charge in [0.25, 0.3) is 5.91 Å². The van der Waals surface area contributed by atoms with Crippen LogP contribution < -0.4 is 5.32 Å². The smallest absolute Gasteiger partial charge is 0.264 e. The molecule has 5 nitrogen and oxygen atoms in total. The summed E-state index contributed by atoms with van der Waals surface area (Å²) in [6.07, 6.45) is 0.833. The molecule has 1 aliphatic rings. The Hall–Kier alpha value is -2.18. The highest BCUT2D eigenvalue weighted by molar-refractivity contribution is 7.12. The van der Waals surface area contributed by atoms with Crippen LogP contribution in [0.2, 0.25) is 0 Å². The highest BCUT2D eigenvalue weighted by atomic mass is 32.1. The second kappa shape index (κ2) is 7.59. The van der Waals surface area contributed by atoms with E-state index in [4.69, 9.17) is 4.74 Å². The summed E-state index contributed by atoms with van der Waals surface area (Å²) in [6, 6.07) is 9.62. The monoisotopic (exact) mass is 344 g/mol. The molecule has 24 heavy (non-hydrogen) atoms. The summed E-state index contributed by atoms with van der Waals surface area (Å²) in [4.78, 5) is 26.9. The van der Waals surface area contributed by atoms with Gasteiger partial charge in [-0.15, -0.1) is 11.3 Å². The van der Waals surface area contributed by atoms with Gasteiger partial charge in [-0.05, 0) is 48.1 Å². The van der Waals surface area contributed by atoms with Crippen molar-refractivity contribution in [3.63, 3.8) is 0 Å². The molecule has 0 unspecified atom stereocenters. The fourth-order valence-corrected chi connectivity index (χ4v) is 3.45. The topological polar surface area (TPSA) is 58.6 Å². The van der Waals surface area contributed by atoms with Crippen LogP contribution in [0.1, 0.15) is 27.7 Å². The van der Waals surface area contributed by atoms with Gasteiger partial charge in [0, 0.05) is 25.4 Å². The Morgan fingerprint density at radius 1 is 1.29 bits per heavy atom. The number of benzene rings is 1. The Kier molecular flexibility index (Phi) is 5.27. The van der Waals surface area contributed by atoms with E-state index in [9.17, 15) is 9.59 Å². The third kappa shape index (κ3) is 3.83. The van der Waals surface area contributed by atoms with E-state index in [0.29, 0.717) is 13.2 Å². The van der Waals surface area contributed by atoms with Crippen molar-refractivity contribution >= 4 is 28.8 Å². The molecule has 1 N–H and O–H groups in total. The van der Waals surface area contributed by atoms with Crippen LogP contribution in [0.3, 0.4) is 0 Å². The third-order valence-corrected chi connectivity index (χ3v) is 4.82. The second-order valence-electron chi connectivity index (χ2n) is 5.62. The standard InChI is InChI=1S/C18H20N2O3S/c1-2-23-12-17(21)19-15-6-5-13-7-8-20(11-14(13)10-15)18(22)16-4-3-9-24-16/h3-6,9-10H,2,7-8,11-12H2,1H3,(H,19,21). The lowest BCUT2D eigenvalue weighted by Gasteiger charge is -2.29. The molecule has 1 aromatic heterocycles. The lowest BCUT2D eigenvalue weighted by molar-refractivity contribution is -0.120. The normalized spacial score (nSPS) is 13.5. The van der Waals surface area contributed by atoms with Crippen molar-refractivity contribution in [3.8, 4) is 0 Å². The fourth-order valence-electron chi connectivity index (χ4n) is 2.76. The predicted molar refractivity (Wildman–Crippen MR) is 94.3 cm³/mol. The molecule has 0 fully saturated rings. The SMILES string of the molecule is CCOCC(=O)Nc1ccc2c(c1)CN(C(=O)c1cccs1)CC2. The molecule has 3 rings (SSSR count). The minimum Gasteiger partial charge on any atom is -0.372 e. The number of nitrogens with zero attached hydrogens (tertiary/aromatic N) is 1. The van der Waals surface area contributed by atoms with Crippen molar-refractivity contribution in [1.29, 1.82) is 0 Å². The minimum atomic E-state index is -0.167. The van der Waals surface area contributed by atoms with Gasteiger partial charge in [-0.2, -0.15) is 0 Å². The quantitative estimate of drug-likeness (QED) is 0.907. The maximum atomic E-state index is 12.5. The molecule has 0 radical (unpaired) electrons.